The molecule has 0 saturated heterocycles. The summed E-state index contributed by atoms with van der Waals surface area (Å²) in [5, 5.41) is 5.80. The first-order chi connectivity index (χ1) is 10.1. The quantitative estimate of drug-likeness (QED) is 0.681. The fourth-order valence-corrected chi connectivity index (χ4v) is 3.55. The van der Waals surface area contributed by atoms with Crippen molar-refractivity contribution in [3.8, 4) is 0 Å². The summed E-state index contributed by atoms with van der Waals surface area (Å²) in [7, 11) is 0. The number of rotatable bonds is 8. The Labute approximate surface area is 140 Å². The lowest BCUT2D eigenvalue weighted by Crippen LogP contribution is -2.28. The van der Waals surface area contributed by atoms with Gasteiger partial charge in [-0.2, -0.15) is 0 Å². The third kappa shape index (κ3) is 6.33. The highest BCUT2D eigenvalue weighted by atomic mass is 79.9. The van der Waals surface area contributed by atoms with E-state index in [0.717, 1.165) is 24.0 Å². The van der Waals surface area contributed by atoms with Gasteiger partial charge in [-0.1, -0.05) is 48.0 Å². The molecule has 0 fully saturated rings. The van der Waals surface area contributed by atoms with Crippen LogP contribution in [0.25, 0.3) is 0 Å². The van der Waals surface area contributed by atoms with Crippen molar-refractivity contribution >= 4 is 27.3 Å². The van der Waals surface area contributed by atoms with Gasteiger partial charge in [0.2, 0.25) is 0 Å². The van der Waals surface area contributed by atoms with Crippen molar-refractivity contribution in [3.05, 3.63) is 56.7 Å². The van der Waals surface area contributed by atoms with Gasteiger partial charge in [-0.3, -0.25) is 0 Å². The molecule has 0 saturated carbocycles. The largest absolute Gasteiger partial charge is 0.316 e. The molecule has 1 aromatic carbocycles. The average Bonchev–Trinajstić information content (AvgIpc) is 2.94. The van der Waals surface area contributed by atoms with Crippen molar-refractivity contribution in [2.24, 2.45) is 11.8 Å². The van der Waals surface area contributed by atoms with Crippen LogP contribution < -0.4 is 5.32 Å². The Hall–Kier alpha value is -0.640. The van der Waals surface area contributed by atoms with E-state index >= 15 is 0 Å². The predicted octanol–water partition coefficient (Wildman–Crippen LogP) is 5.16. The maximum atomic E-state index is 3.62. The monoisotopic (exact) mass is 365 g/mol. The molecular formula is C18H24BrNS. The standard InChI is InChI=1S/C18H24BrNS/c1-14(2)12-20-13-16(11-18-4-3-9-21-18)10-15-5-7-17(19)8-6-15/h3-9,14,16,20H,10-13H2,1-2H3. The molecule has 0 amide bonds. The summed E-state index contributed by atoms with van der Waals surface area (Å²) in [4.78, 5) is 1.49. The molecule has 0 radical (unpaired) electrons. The summed E-state index contributed by atoms with van der Waals surface area (Å²) < 4.78 is 1.15. The van der Waals surface area contributed by atoms with Crippen LogP contribution in [0.2, 0.25) is 0 Å². The summed E-state index contributed by atoms with van der Waals surface area (Å²) in [5.41, 5.74) is 1.42. The van der Waals surface area contributed by atoms with Crippen molar-refractivity contribution in [1.82, 2.24) is 5.32 Å². The van der Waals surface area contributed by atoms with Gasteiger partial charge in [0, 0.05) is 9.35 Å². The molecule has 1 N–H and O–H groups in total. The Morgan fingerprint density at radius 2 is 1.81 bits per heavy atom. The summed E-state index contributed by atoms with van der Waals surface area (Å²) in [5.74, 6) is 1.36. The van der Waals surface area contributed by atoms with Gasteiger partial charge >= 0.3 is 0 Å². The molecule has 0 aliphatic rings. The Bertz CT molecular complexity index is 505. The molecule has 0 spiro atoms. The molecule has 1 atom stereocenters. The number of benzene rings is 1. The fourth-order valence-electron chi connectivity index (χ4n) is 2.46. The molecular weight excluding hydrogens is 342 g/mol. The molecule has 0 bridgehead atoms. The van der Waals surface area contributed by atoms with Crippen LogP contribution in [0.4, 0.5) is 0 Å². The summed E-state index contributed by atoms with van der Waals surface area (Å²) in [6.07, 6.45) is 2.30. The molecule has 114 valence electrons. The van der Waals surface area contributed by atoms with Crippen molar-refractivity contribution in [3.63, 3.8) is 0 Å². The second-order valence-electron chi connectivity index (χ2n) is 6.03. The van der Waals surface area contributed by atoms with Crippen molar-refractivity contribution in [2.75, 3.05) is 13.1 Å². The highest BCUT2D eigenvalue weighted by Crippen LogP contribution is 2.19. The van der Waals surface area contributed by atoms with E-state index < -0.39 is 0 Å². The first-order valence-corrected chi connectivity index (χ1v) is 9.28. The Kier molecular flexibility index (Phi) is 6.94. The average molecular weight is 366 g/mol. The van der Waals surface area contributed by atoms with Gasteiger partial charge in [-0.15, -0.1) is 11.3 Å². The zero-order valence-corrected chi connectivity index (χ0v) is 15.2. The Morgan fingerprint density at radius 3 is 2.43 bits per heavy atom. The second-order valence-corrected chi connectivity index (χ2v) is 7.98. The number of hydrogen-bond donors (Lipinski definition) is 1. The van der Waals surface area contributed by atoms with Gasteiger partial charge in [-0.25, -0.2) is 0 Å². The lowest BCUT2D eigenvalue weighted by atomic mass is 9.95. The topological polar surface area (TPSA) is 12.0 Å². The lowest BCUT2D eigenvalue weighted by Gasteiger charge is -2.18. The van der Waals surface area contributed by atoms with Crippen LogP contribution in [0, 0.1) is 11.8 Å². The van der Waals surface area contributed by atoms with Crippen LogP contribution in [0.3, 0.4) is 0 Å². The van der Waals surface area contributed by atoms with Crippen molar-refractivity contribution in [1.29, 1.82) is 0 Å². The van der Waals surface area contributed by atoms with Crippen molar-refractivity contribution < 1.29 is 0 Å². The maximum Gasteiger partial charge on any atom is 0.0175 e. The molecule has 0 aliphatic carbocycles. The number of hydrogen-bond acceptors (Lipinski definition) is 2. The number of thiophene rings is 1. The molecule has 1 nitrogen and oxygen atoms in total. The van der Waals surface area contributed by atoms with E-state index in [0.29, 0.717) is 11.8 Å². The van der Waals surface area contributed by atoms with Crippen LogP contribution >= 0.6 is 27.3 Å². The van der Waals surface area contributed by atoms with Gasteiger partial charge < -0.3 is 5.32 Å². The molecule has 2 aromatic rings. The molecule has 1 aromatic heterocycles. The van der Waals surface area contributed by atoms with Crippen LogP contribution in [0.5, 0.6) is 0 Å². The first kappa shape index (κ1) is 16.7. The molecule has 1 unspecified atom stereocenters. The minimum Gasteiger partial charge on any atom is -0.316 e. The second kappa shape index (κ2) is 8.72. The normalized spacial score (nSPS) is 12.8. The van der Waals surface area contributed by atoms with Crippen LogP contribution in [0.1, 0.15) is 24.3 Å². The van der Waals surface area contributed by atoms with E-state index in [1.54, 1.807) is 0 Å². The predicted molar refractivity (Wildman–Crippen MR) is 97.1 cm³/mol. The molecule has 2 rings (SSSR count). The van der Waals surface area contributed by atoms with Crippen LogP contribution in [-0.2, 0) is 12.8 Å². The fraction of sp³-hybridized carbons (Fsp3) is 0.444. The highest BCUT2D eigenvalue weighted by Gasteiger charge is 2.12. The summed E-state index contributed by atoms with van der Waals surface area (Å²) in [6, 6.07) is 13.1. The van der Waals surface area contributed by atoms with E-state index in [1.165, 1.54) is 16.9 Å². The van der Waals surface area contributed by atoms with Gasteiger partial charge in [-0.05, 0) is 66.9 Å². The summed E-state index contributed by atoms with van der Waals surface area (Å²) >= 11 is 5.38. The van der Waals surface area contributed by atoms with Gasteiger partial charge in [0.25, 0.3) is 0 Å². The third-order valence-electron chi connectivity index (χ3n) is 3.49. The molecule has 1 heterocycles. The van der Waals surface area contributed by atoms with E-state index in [2.05, 4.69) is 76.9 Å². The highest BCUT2D eigenvalue weighted by molar-refractivity contribution is 9.10. The van der Waals surface area contributed by atoms with Gasteiger partial charge in [0.1, 0.15) is 0 Å². The van der Waals surface area contributed by atoms with Crippen LogP contribution in [-0.4, -0.2) is 13.1 Å². The zero-order chi connectivity index (χ0) is 15.1. The van der Waals surface area contributed by atoms with Crippen LogP contribution in [0.15, 0.2) is 46.3 Å². The third-order valence-corrected chi connectivity index (χ3v) is 4.92. The minimum absolute atomic E-state index is 0.656. The van der Waals surface area contributed by atoms with Crippen molar-refractivity contribution in [2.45, 2.75) is 26.7 Å². The molecule has 3 heteroatoms. The molecule has 21 heavy (non-hydrogen) atoms. The maximum absolute atomic E-state index is 3.62. The Balaban J connectivity index is 1.95. The zero-order valence-electron chi connectivity index (χ0n) is 12.8. The first-order valence-electron chi connectivity index (χ1n) is 7.61. The van der Waals surface area contributed by atoms with E-state index in [1.807, 2.05) is 11.3 Å². The van der Waals surface area contributed by atoms with Gasteiger partial charge in [0.15, 0.2) is 0 Å². The smallest absolute Gasteiger partial charge is 0.0175 e. The molecule has 0 aliphatic heterocycles. The Morgan fingerprint density at radius 1 is 1.05 bits per heavy atom. The number of halogens is 1. The SMILES string of the molecule is CC(C)CNCC(Cc1ccc(Br)cc1)Cc1cccs1. The minimum atomic E-state index is 0.656. The van der Waals surface area contributed by atoms with E-state index in [-0.39, 0.29) is 0 Å². The van der Waals surface area contributed by atoms with Gasteiger partial charge in [0.05, 0.1) is 0 Å². The van der Waals surface area contributed by atoms with E-state index in [9.17, 15) is 0 Å². The van der Waals surface area contributed by atoms with E-state index in [4.69, 9.17) is 0 Å². The number of nitrogens with one attached hydrogen (secondary N) is 1. The summed E-state index contributed by atoms with van der Waals surface area (Å²) in [6.45, 7) is 6.71. The lowest BCUT2D eigenvalue weighted by molar-refractivity contribution is 0.447.